The van der Waals surface area contributed by atoms with E-state index in [1.807, 2.05) is 6.07 Å². The van der Waals surface area contributed by atoms with Gasteiger partial charge in [-0.05, 0) is 24.6 Å². The molecule has 0 saturated carbocycles. The van der Waals surface area contributed by atoms with Crippen molar-refractivity contribution in [3.63, 3.8) is 0 Å². The molecule has 0 atom stereocenters. The van der Waals surface area contributed by atoms with Gasteiger partial charge in [-0.1, -0.05) is 12.1 Å². The highest BCUT2D eigenvalue weighted by molar-refractivity contribution is 5.92. The van der Waals surface area contributed by atoms with Crippen molar-refractivity contribution in [1.29, 1.82) is 5.26 Å². The summed E-state index contributed by atoms with van der Waals surface area (Å²) in [6, 6.07) is 9.08. The Morgan fingerprint density at radius 2 is 2.05 bits per heavy atom. The van der Waals surface area contributed by atoms with E-state index in [1.165, 1.54) is 0 Å². The lowest BCUT2D eigenvalue weighted by Gasteiger charge is -2.03. The molecular formula is C14H13N3O2. The Balaban J connectivity index is 2.00. The van der Waals surface area contributed by atoms with Gasteiger partial charge in [0.25, 0.3) is 5.91 Å². The summed E-state index contributed by atoms with van der Waals surface area (Å²) in [6.45, 7) is 3.81. The second kappa shape index (κ2) is 5.36. The van der Waals surface area contributed by atoms with Crippen LogP contribution < -0.4 is 5.32 Å². The summed E-state index contributed by atoms with van der Waals surface area (Å²) in [7, 11) is 0. The summed E-state index contributed by atoms with van der Waals surface area (Å²) in [5.41, 5.74) is 2.09. The summed E-state index contributed by atoms with van der Waals surface area (Å²) in [5.74, 6) is 0.426. The zero-order valence-corrected chi connectivity index (χ0v) is 10.7. The van der Waals surface area contributed by atoms with Crippen molar-refractivity contribution >= 4 is 5.91 Å². The maximum atomic E-state index is 11.9. The minimum Gasteiger partial charge on any atom is -0.436 e. The highest BCUT2D eigenvalue weighted by atomic mass is 16.4. The van der Waals surface area contributed by atoms with E-state index >= 15 is 0 Å². The standard InChI is InChI=1S/C14H13N3O2/c1-9-13(19-10(2)17-9)14(18)16-8-12-5-3-11(7-15)4-6-12/h3-6H,8H2,1-2H3,(H,16,18). The fourth-order valence-corrected chi connectivity index (χ4v) is 1.70. The molecule has 2 rings (SSSR count). The second-order valence-corrected chi connectivity index (χ2v) is 4.14. The smallest absolute Gasteiger partial charge is 0.289 e. The Bertz CT molecular complexity index is 636. The Labute approximate surface area is 110 Å². The van der Waals surface area contributed by atoms with Crippen molar-refractivity contribution in [2.45, 2.75) is 20.4 Å². The number of hydrogen-bond acceptors (Lipinski definition) is 4. The molecule has 0 fully saturated rings. The van der Waals surface area contributed by atoms with Crippen LogP contribution in [0.2, 0.25) is 0 Å². The minimum absolute atomic E-state index is 0.242. The van der Waals surface area contributed by atoms with E-state index in [0.29, 0.717) is 23.7 Å². The third-order valence-electron chi connectivity index (χ3n) is 2.65. The van der Waals surface area contributed by atoms with Gasteiger partial charge in [0.15, 0.2) is 5.89 Å². The van der Waals surface area contributed by atoms with Gasteiger partial charge < -0.3 is 9.73 Å². The molecule has 0 aliphatic carbocycles. The number of nitrogens with one attached hydrogen (secondary N) is 1. The van der Waals surface area contributed by atoms with Gasteiger partial charge in [-0.2, -0.15) is 5.26 Å². The van der Waals surface area contributed by atoms with Crippen molar-refractivity contribution in [2.24, 2.45) is 0 Å². The number of aryl methyl sites for hydroxylation is 2. The fourth-order valence-electron chi connectivity index (χ4n) is 1.70. The fraction of sp³-hybridized carbons (Fsp3) is 0.214. The summed E-state index contributed by atoms with van der Waals surface area (Å²) in [4.78, 5) is 15.9. The van der Waals surface area contributed by atoms with Crippen LogP contribution in [0.3, 0.4) is 0 Å². The molecule has 0 aliphatic heterocycles. The number of nitrogens with zero attached hydrogens (tertiary/aromatic N) is 2. The van der Waals surface area contributed by atoms with Crippen molar-refractivity contribution < 1.29 is 9.21 Å². The summed E-state index contributed by atoms with van der Waals surface area (Å²) < 4.78 is 5.23. The third kappa shape index (κ3) is 2.99. The predicted octanol–water partition coefficient (Wildman–Crippen LogP) is 2.09. The molecule has 0 spiro atoms. The molecule has 0 aliphatic rings. The Morgan fingerprint density at radius 3 is 2.58 bits per heavy atom. The van der Waals surface area contributed by atoms with Gasteiger partial charge in [0.2, 0.25) is 5.76 Å². The van der Waals surface area contributed by atoms with Crippen molar-refractivity contribution in [3.05, 3.63) is 52.7 Å². The van der Waals surface area contributed by atoms with E-state index in [2.05, 4.69) is 10.3 Å². The van der Waals surface area contributed by atoms with E-state index < -0.39 is 0 Å². The molecule has 5 nitrogen and oxygen atoms in total. The second-order valence-electron chi connectivity index (χ2n) is 4.14. The molecule has 96 valence electrons. The average Bonchev–Trinajstić information content (AvgIpc) is 2.75. The largest absolute Gasteiger partial charge is 0.436 e. The Hall–Kier alpha value is -2.61. The molecule has 1 heterocycles. The SMILES string of the molecule is Cc1nc(C)c(C(=O)NCc2ccc(C#N)cc2)o1. The first-order chi connectivity index (χ1) is 9.10. The highest BCUT2D eigenvalue weighted by Crippen LogP contribution is 2.09. The third-order valence-corrected chi connectivity index (χ3v) is 2.65. The van der Waals surface area contributed by atoms with Gasteiger partial charge in [-0.25, -0.2) is 4.98 Å². The van der Waals surface area contributed by atoms with Crippen LogP contribution in [0, 0.1) is 25.2 Å². The molecule has 1 aromatic carbocycles. The van der Waals surface area contributed by atoms with Crippen LogP contribution in [0.1, 0.15) is 33.3 Å². The van der Waals surface area contributed by atoms with Crippen molar-refractivity contribution in [3.8, 4) is 6.07 Å². The van der Waals surface area contributed by atoms with Gasteiger partial charge in [0.1, 0.15) is 0 Å². The van der Waals surface area contributed by atoms with E-state index in [1.54, 1.807) is 38.1 Å². The Morgan fingerprint density at radius 1 is 1.37 bits per heavy atom. The monoisotopic (exact) mass is 255 g/mol. The molecule has 2 aromatic rings. The quantitative estimate of drug-likeness (QED) is 0.910. The van der Waals surface area contributed by atoms with E-state index in [-0.39, 0.29) is 11.7 Å². The zero-order chi connectivity index (χ0) is 13.8. The minimum atomic E-state index is -0.289. The van der Waals surface area contributed by atoms with E-state index in [9.17, 15) is 4.79 Å². The molecule has 5 heteroatoms. The van der Waals surface area contributed by atoms with E-state index in [0.717, 1.165) is 5.56 Å². The highest BCUT2D eigenvalue weighted by Gasteiger charge is 2.15. The van der Waals surface area contributed by atoms with Gasteiger partial charge in [0, 0.05) is 13.5 Å². The molecule has 1 amide bonds. The first-order valence-electron chi connectivity index (χ1n) is 5.81. The maximum Gasteiger partial charge on any atom is 0.289 e. The van der Waals surface area contributed by atoms with Crippen molar-refractivity contribution in [2.75, 3.05) is 0 Å². The first-order valence-corrected chi connectivity index (χ1v) is 5.81. The van der Waals surface area contributed by atoms with Gasteiger partial charge >= 0.3 is 0 Å². The molecule has 0 bridgehead atoms. The normalized spacial score (nSPS) is 9.95. The van der Waals surface area contributed by atoms with Crippen LogP contribution in [0.25, 0.3) is 0 Å². The number of rotatable bonds is 3. The molecular weight excluding hydrogens is 242 g/mol. The van der Waals surface area contributed by atoms with Gasteiger partial charge in [-0.3, -0.25) is 4.79 Å². The number of carbonyl (C=O) groups is 1. The van der Waals surface area contributed by atoms with Crippen LogP contribution in [-0.4, -0.2) is 10.9 Å². The predicted molar refractivity (Wildman–Crippen MR) is 68.3 cm³/mol. The molecule has 0 saturated heterocycles. The number of amides is 1. The van der Waals surface area contributed by atoms with Crippen LogP contribution >= 0.6 is 0 Å². The first kappa shape index (κ1) is 12.8. The summed E-state index contributed by atoms with van der Waals surface area (Å²) in [5, 5.41) is 11.4. The molecule has 1 aromatic heterocycles. The van der Waals surface area contributed by atoms with Gasteiger partial charge in [0.05, 0.1) is 17.3 Å². The number of hydrogen-bond donors (Lipinski definition) is 1. The lowest BCUT2D eigenvalue weighted by molar-refractivity contribution is 0.0921. The summed E-state index contributed by atoms with van der Waals surface area (Å²) >= 11 is 0. The Kier molecular flexibility index (Phi) is 3.62. The molecule has 19 heavy (non-hydrogen) atoms. The lowest BCUT2D eigenvalue weighted by Crippen LogP contribution is -2.23. The average molecular weight is 255 g/mol. The number of benzene rings is 1. The maximum absolute atomic E-state index is 11.9. The van der Waals surface area contributed by atoms with Gasteiger partial charge in [-0.15, -0.1) is 0 Å². The van der Waals surface area contributed by atoms with Crippen LogP contribution in [-0.2, 0) is 6.54 Å². The van der Waals surface area contributed by atoms with Crippen LogP contribution in [0.15, 0.2) is 28.7 Å². The molecule has 0 unspecified atom stereocenters. The zero-order valence-electron chi connectivity index (χ0n) is 10.7. The van der Waals surface area contributed by atoms with Crippen molar-refractivity contribution in [1.82, 2.24) is 10.3 Å². The molecule has 1 N–H and O–H groups in total. The number of oxazole rings is 1. The number of nitriles is 1. The van der Waals surface area contributed by atoms with Crippen LogP contribution in [0.4, 0.5) is 0 Å². The number of carbonyl (C=O) groups excluding carboxylic acids is 1. The topological polar surface area (TPSA) is 78.9 Å². The lowest BCUT2D eigenvalue weighted by atomic mass is 10.1. The number of aromatic nitrogens is 1. The van der Waals surface area contributed by atoms with E-state index in [4.69, 9.17) is 9.68 Å². The molecule has 0 radical (unpaired) electrons. The van der Waals surface area contributed by atoms with Crippen LogP contribution in [0.5, 0.6) is 0 Å². The summed E-state index contributed by atoms with van der Waals surface area (Å²) in [6.07, 6.45) is 0.